The number of rotatable bonds is 4. The molecule has 2 rings (SSSR count). The normalized spacial score (nSPS) is 18.2. The molecule has 4 heteroatoms. The van der Waals surface area contributed by atoms with Gasteiger partial charge in [0, 0.05) is 32.1 Å². The summed E-state index contributed by atoms with van der Waals surface area (Å²) in [4.78, 5) is 4.51. The van der Waals surface area contributed by atoms with Gasteiger partial charge in [0.15, 0.2) is 5.89 Å². The lowest BCUT2D eigenvalue weighted by atomic mass is 10.0. The van der Waals surface area contributed by atoms with Crippen LogP contribution in [0.15, 0.2) is 10.7 Å². The molecule has 4 nitrogen and oxygen atoms in total. The van der Waals surface area contributed by atoms with Crippen molar-refractivity contribution in [2.24, 2.45) is 0 Å². The smallest absolute Gasteiger partial charge is 0.197 e. The van der Waals surface area contributed by atoms with Crippen molar-refractivity contribution >= 4 is 0 Å². The molecule has 0 aromatic carbocycles. The predicted molar refractivity (Wildman–Crippen MR) is 56.9 cm³/mol. The molecule has 1 aliphatic heterocycles. The first-order valence-corrected chi connectivity index (χ1v) is 5.57. The van der Waals surface area contributed by atoms with Crippen LogP contribution < -0.4 is 5.32 Å². The van der Waals surface area contributed by atoms with Gasteiger partial charge in [-0.2, -0.15) is 0 Å². The van der Waals surface area contributed by atoms with Gasteiger partial charge in [0.25, 0.3) is 0 Å². The third-order valence-corrected chi connectivity index (χ3v) is 2.77. The highest BCUT2D eigenvalue weighted by atomic mass is 16.5. The molecule has 0 spiro atoms. The van der Waals surface area contributed by atoms with E-state index in [1.807, 2.05) is 7.05 Å². The molecule has 1 fully saturated rings. The van der Waals surface area contributed by atoms with Gasteiger partial charge in [0.2, 0.25) is 0 Å². The third kappa shape index (κ3) is 2.79. The summed E-state index contributed by atoms with van der Waals surface area (Å²) in [5.74, 6) is 1.35. The van der Waals surface area contributed by atoms with Crippen molar-refractivity contribution in [2.45, 2.75) is 25.2 Å². The molecule has 1 N–H and O–H groups in total. The molecule has 0 aliphatic carbocycles. The fourth-order valence-electron chi connectivity index (χ4n) is 1.82. The van der Waals surface area contributed by atoms with E-state index in [2.05, 4.69) is 10.3 Å². The zero-order valence-electron chi connectivity index (χ0n) is 9.16. The highest BCUT2D eigenvalue weighted by molar-refractivity contribution is 5.02. The summed E-state index contributed by atoms with van der Waals surface area (Å²) in [6.07, 6.45) is 4.78. The minimum Gasteiger partial charge on any atom is -0.448 e. The van der Waals surface area contributed by atoms with Crippen LogP contribution >= 0.6 is 0 Å². The first-order valence-electron chi connectivity index (χ1n) is 5.57. The van der Waals surface area contributed by atoms with Gasteiger partial charge in [0.05, 0.1) is 5.69 Å². The number of likely N-dealkylation sites (N-methyl/N-ethyl adjacent to an activating group) is 1. The highest BCUT2D eigenvalue weighted by Crippen LogP contribution is 2.25. The Bertz CT molecular complexity index is 293. The number of hydrogen-bond acceptors (Lipinski definition) is 4. The van der Waals surface area contributed by atoms with Crippen molar-refractivity contribution in [1.29, 1.82) is 0 Å². The summed E-state index contributed by atoms with van der Waals surface area (Å²) in [6, 6.07) is 0. The van der Waals surface area contributed by atoms with Crippen LogP contribution in [0.4, 0.5) is 0 Å². The lowest BCUT2D eigenvalue weighted by Crippen LogP contribution is -2.14. The summed E-state index contributed by atoms with van der Waals surface area (Å²) in [7, 11) is 1.94. The predicted octanol–water partition coefficient (Wildman–Crippen LogP) is 1.33. The quantitative estimate of drug-likeness (QED) is 0.814. The monoisotopic (exact) mass is 210 g/mol. The second kappa shape index (κ2) is 5.28. The van der Waals surface area contributed by atoms with E-state index in [0.717, 1.165) is 50.6 Å². The number of nitrogens with one attached hydrogen (secondary N) is 1. The van der Waals surface area contributed by atoms with Gasteiger partial charge in [-0.15, -0.1) is 0 Å². The van der Waals surface area contributed by atoms with Crippen LogP contribution in [0, 0.1) is 0 Å². The Balaban J connectivity index is 1.93. The van der Waals surface area contributed by atoms with Gasteiger partial charge >= 0.3 is 0 Å². The van der Waals surface area contributed by atoms with Crippen molar-refractivity contribution in [3.05, 3.63) is 17.8 Å². The Morgan fingerprint density at radius 3 is 3.00 bits per heavy atom. The van der Waals surface area contributed by atoms with Crippen molar-refractivity contribution in [1.82, 2.24) is 10.3 Å². The summed E-state index contributed by atoms with van der Waals surface area (Å²) in [5.41, 5.74) is 1.05. The van der Waals surface area contributed by atoms with E-state index in [0.29, 0.717) is 5.92 Å². The second-order valence-electron chi connectivity index (χ2n) is 3.92. The minimum absolute atomic E-state index is 0.460. The van der Waals surface area contributed by atoms with E-state index in [1.54, 1.807) is 6.26 Å². The molecule has 0 bridgehead atoms. The molecular formula is C11H18N2O2. The average molecular weight is 210 g/mol. The van der Waals surface area contributed by atoms with E-state index in [9.17, 15) is 0 Å². The van der Waals surface area contributed by atoms with Crippen LogP contribution in [0.25, 0.3) is 0 Å². The molecule has 0 radical (unpaired) electrons. The average Bonchev–Trinajstić information content (AvgIpc) is 2.76. The van der Waals surface area contributed by atoms with Gasteiger partial charge in [-0.05, 0) is 19.9 Å². The number of aromatic nitrogens is 1. The molecule has 0 unspecified atom stereocenters. The number of ether oxygens (including phenoxy) is 1. The SMILES string of the molecule is CNCCc1coc(C2CCOCC2)n1. The standard InChI is InChI=1S/C11H18N2O2/c1-12-5-2-10-8-15-11(13-10)9-3-6-14-7-4-9/h8-9,12H,2-7H2,1H3. The largest absolute Gasteiger partial charge is 0.448 e. The Labute approximate surface area is 90.0 Å². The van der Waals surface area contributed by atoms with Crippen LogP contribution in [-0.2, 0) is 11.2 Å². The summed E-state index contributed by atoms with van der Waals surface area (Å²) < 4.78 is 10.8. The lowest BCUT2D eigenvalue weighted by molar-refractivity contribution is 0.0794. The van der Waals surface area contributed by atoms with Gasteiger partial charge in [0.1, 0.15) is 6.26 Å². The van der Waals surface area contributed by atoms with E-state index in [4.69, 9.17) is 9.15 Å². The fourth-order valence-corrected chi connectivity index (χ4v) is 1.82. The molecule has 1 saturated heterocycles. The number of nitrogens with zero attached hydrogens (tertiary/aromatic N) is 1. The van der Waals surface area contributed by atoms with Crippen LogP contribution in [-0.4, -0.2) is 31.8 Å². The van der Waals surface area contributed by atoms with Crippen LogP contribution in [0.2, 0.25) is 0 Å². The molecule has 84 valence electrons. The Kier molecular flexibility index (Phi) is 3.75. The van der Waals surface area contributed by atoms with Crippen molar-refractivity contribution in [3.8, 4) is 0 Å². The molecule has 0 saturated carbocycles. The Hall–Kier alpha value is -0.870. The van der Waals surface area contributed by atoms with E-state index in [1.165, 1.54) is 0 Å². The Morgan fingerprint density at radius 1 is 1.47 bits per heavy atom. The lowest BCUT2D eigenvalue weighted by Gasteiger charge is -2.18. The summed E-state index contributed by atoms with van der Waals surface area (Å²) >= 11 is 0. The molecule has 1 aromatic rings. The molecule has 2 heterocycles. The number of hydrogen-bond donors (Lipinski definition) is 1. The van der Waals surface area contributed by atoms with Crippen LogP contribution in [0.1, 0.15) is 30.3 Å². The molecular weight excluding hydrogens is 192 g/mol. The summed E-state index contributed by atoms with van der Waals surface area (Å²) in [5, 5.41) is 3.10. The maximum atomic E-state index is 5.51. The van der Waals surface area contributed by atoms with Crippen molar-refractivity contribution < 1.29 is 9.15 Å². The van der Waals surface area contributed by atoms with Crippen molar-refractivity contribution in [3.63, 3.8) is 0 Å². The van der Waals surface area contributed by atoms with Gasteiger partial charge in [-0.1, -0.05) is 0 Å². The molecule has 1 aromatic heterocycles. The van der Waals surface area contributed by atoms with E-state index >= 15 is 0 Å². The molecule has 15 heavy (non-hydrogen) atoms. The van der Waals surface area contributed by atoms with E-state index in [-0.39, 0.29) is 0 Å². The molecule has 0 atom stereocenters. The van der Waals surface area contributed by atoms with E-state index < -0.39 is 0 Å². The van der Waals surface area contributed by atoms with Crippen molar-refractivity contribution in [2.75, 3.05) is 26.8 Å². The fraction of sp³-hybridized carbons (Fsp3) is 0.727. The molecule has 0 amide bonds. The highest BCUT2D eigenvalue weighted by Gasteiger charge is 2.20. The maximum Gasteiger partial charge on any atom is 0.197 e. The Morgan fingerprint density at radius 2 is 2.27 bits per heavy atom. The number of oxazole rings is 1. The third-order valence-electron chi connectivity index (χ3n) is 2.77. The van der Waals surface area contributed by atoms with Gasteiger partial charge < -0.3 is 14.5 Å². The zero-order valence-corrected chi connectivity index (χ0v) is 9.16. The van der Waals surface area contributed by atoms with Crippen LogP contribution in [0.5, 0.6) is 0 Å². The first kappa shape index (κ1) is 10.6. The maximum absolute atomic E-state index is 5.51. The van der Waals surface area contributed by atoms with Gasteiger partial charge in [-0.3, -0.25) is 0 Å². The first-order chi connectivity index (χ1) is 7.40. The second-order valence-corrected chi connectivity index (χ2v) is 3.92. The topological polar surface area (TPSA) is 47.3 Å². The molecule has 1 aliphatic rings. The van der Waals surface area contributed by atoms with Crippen LogP contribution in [0.3, 0.4) is 0 Å². The zero-order chi connectivity index (χ0) is 10.5. The summed E-state index contributed by atoms with van der Waals surface area (Å²) in [6.45, 7) is 2.61. The minimum atomic E-state index is 0.460. The van der Waals surface area contributed by atoms with Gasteiger partial charge in [-0.25, -0.2) is 4.98 Å².